The van der Waals surface area contributed by atoms with Gasteiger partial charge in [0.1, 0.15) is 12.0 Å². The second-order valence-electron chi connectivity index (χ2n) is 6.46. The Kier molecular flexibility index (Phi) is 7.52. The van der Waals surface area contributed by atoms with Gasteiger partial charge in [-0.05, 0) is 38.3 Å². The predicted molar refractivity (Wildman–Crippen MR) is 93.4 cm³/mol. The number of nitrogens with zero attached hydrogens (tertiary/aromatic N) is 1. The van der Waals surface area contributed by atoms with Crippen LogP contribution in [0, 0.1) is 0 Å². The van der Waals surface area contributed by atoms with Gasteiger partial charge in [-0.15, -0.1) is 0 Å². The van der Waals surface area contributed by atoms with Crippen molar-refractivity contribution in [2.45, 2.75) is 49.8 Å². The number of aliphatic hydroxyl groups is 1. The fraction of sp³-hybridized carbons (Fsp3) is 0.588. The van der Waals surface area contributed by atoms with Crippen LogP contribution in [-0.2, 0) is 20.9 Å². The van der Waals surface area contributed by atoms with Crippen LogP contribution < -0.4 is 0 Å². The number of hydrogen-bond donors (Lipinski definition) is 3. The number of aliphatic hydroxyl groups excluding tert-OH is 1. The Morgan fingerprint density at radius 3 is 2.24 bits per heavy atom. The quantitative estimate of drug-likeness (QED) is 0.545. The van der Waals surface area contributed by atoms with E-state index < -0.39 is 17.3 Å². The molecule has 4 atom stereocenters. The zero-order valence-corrected chi connectivity index (χ0v) is 15.0. The molecule has 0 spiro atoms. The van der Waals surface area contributed by atoms with Crippen LogP contribution >= 0.6 is 0 Å². The van der Waals surface area contributed by atoms with Gasteiger partial charge in [0.2, 0.25) is 0 Å². The number of hydrogen-bond acceptors (Lipinski definition) is 5. The van der Waals surface area contributed by atoms with Crippen LogP contribution in [0.1, 0.15) is 37.2 Å². The molecule has 0 aromatic heterocycles. The minimum atomic E-state index is -2.61. The van der Waals surface area contributed by atoms with Gasteiger partial charge in [-0.1, -0.05) is 30.3 Å². The average molecular weight is 371 g/mol. The summed E-state index contributed by atoms with van der Waals surface area (Å²) in [5.74, 6) is -0.860. The van der Waals surface area contributed by atoms with Gasteiger partial charge in [0.25, 0.3) is 11.4 Å². The minimum Gasteiger partial charge on any atom is -0.462 e. The molecule has 1 aromatic carbocycles. The van der Waals surface area contributed by atoms with Crippen LogP contribution in [0.4, 0.5) is 0 Å². The van der Waals surface area contributed by atoms with Crippen molar-refractivity contribution in [3.8, 4) is 0 Å². The van der Waals surface area contributed by atoms with Gasteiger partial charge in [0, 0.05) is 12.1 Å². The van der Waals surface area contributed by atoms with E-state index in [0.29, 0.717) is 12.1 Å². The summed E-state index contributed by atoms with van der Waals surface area (Å²) in [6.07, 6.45) is 4.26. The number of carbonyl (C=O) groups is 1. The molecule has 8 heteroatoms. The maximum absolute atomic E-state index is 12.4. The normalized spacial score (nSPS) is 26.7. The fourth-order valence-corrected chi connectivity index (χ4v) is 3.71. The maximum Gasteiger partial charge on any atom is 0.316 e. The van der Waals surface area contributed by atoms with Crippen molar-refractivity contribution in [3.05, 3.63) is 35.9 Å². The van der Waals surface area contributed by atoms with Crippen LogP contribution in [0.2, 0.25) is 0 Å². The van der Waals surface area contributed by atoms with Crippen molar-refractivity contribution in [1.29, 1.82) is 0 Å². The molecule has 2 aliphatic heterocycles. The maximum atomic E-state index is 12.4. The Morgan fingerprint density at radius 2 is 1.76 bits per heavy atom. The summed E-state index contributed by atoms with van der Waals surface area (Å²) in [6.45, 7) is -0.206. The van der Waals surface area contributed by atoms with Gasteiger partial charge in [-0.25, -0.2) is 0 Å². The Morgan fingerprint density at radius 1 is 1.24 bits per heavy atom. The van der Waals surface area contributed by atoms with Crippen molar-refractivity contribution in [2.75, 3.05) is 13.7 Å². The number of piperidine rings is 1. The molecule has 7 nitrogen and oxygen atoms in total. The lowest BCUT2D eigenvalue weighted by atomic mass is 9.98. The van der Waals surface area contributed by atoms with Crippen molar-refractivity contribution >= 4 is 17.3 Å². The third kappa shape index (κ3) is 5.58. The highest BCUT2D eigenvalue weighted by molar-refractivity contribution is 7.73. The lowest BCUT2D eigenvalue weighted by Crippen LogP contribution is -2.43. The monoisotopic (exact) mass is 371 g/mol. The Bertz CT molecular complexity index is 566. The van der Waals surface area contributed by atoms with Crippen LogP contribution in [0.5, 0.6) is 0 Å². The second kappa shape index (κ2) is 9.40. The van der Waals surface area contributed by atoms with E-state index in [2.05, 4.69) is 11.9 Å². The van der Waals surface area contributed by atoms with Crippen molar-refractivity contribution in [2.24, 2.45) is 0 Å². The molecule has 0 amide bonds. The summed E-state index contributed by atoms with van der Waals surface area (Å²) in [6, 6.07) is 10.5. The van der Waals surface area contributed by atoms with Crippen molar-refractivity contribution in [1.82, 2.24) is 4.90 Å². The number of carbonyl (C=O) groups excluding carboxylic acids is 1. The highest BCUT2D eigenvalue weighted by Crippen LogP contribution is 2.36. The van der Waals surface area contributed by atoms with Crippen LogP contribution in [0.3, 0.4) is 0 Å². The summed E-state index contributed by atoms with van der Waals surface area (Å²) in [7, 11) is 2.17. The first kappa shape index (κ1) is 20.0. The molecule has 0 saturated carbocycles. The number of fused-ring (bicyclic) bond motifs is 2. The first-order chi connectivity index (χ1) is 11.9. The van der Waals surface area contributed by atoms with E-state index in [1.807, 2.05) is 30.3 Å². The van der Waals surface area contributed by atoms with Crippen molar-refractivity contribution in [3.63, 3.8) is 0 Å². The number of esters is 1. The van der Waals surface area contributed by atoms with E-state index in [4.69, 9.17) is 18.1 Å². The van der Waals surface area contributed by atoms with Crippen LogP contribution in [0.25, 0.3) is 0 Å². The summed E-state index contributed by atoms with van der Waals surface area (Å²) in [5, 5.41) is 9.53. The zero-order valence-electron chi connectivity index (χ0n) is 14.2. The third-order valence-electron chi connectivity index (χ3n) is 5.01. The molecule has 2 fully saturated rings. The van der Waals surface area contributed by atoms with Crippen molar-refractivity contribution < 1.29 is 28.0 Å². The summed E-state index contributed by atoms with van der Waals surface area (Å²) < 4.78 is 28.5. The second-order valence-corrected chi connectivity index (χ2v) is 6.92. The molecule has 1 unspecified atom stereocenters. The third-order valence-corrected chi connectivity index (χ3v) is 5.01. The topological polar surface area (TPSA) is 107 Å². The van der Waals surface area contributed by atoms with Gasteiger partial charge < -0.3 is 14.7 Å². The molecule has 140 valence electrons. The first-order valence-electron chi connectivity index (χ1n) is 8.30. The van der Waals surface area contributed by atoms with E-state index in [-0.39, 0.29) is 18.7 Å². The molecule has 3 N–H and O–H groups in total. The Balaban J connectivity index is 0.000000511. The van der Waals surface area contributed by atoms with Crippen LogP contribution in [-0.4, -0.2) is 61.1 Å². The number of benzene rings is 1. The van der Waals surface area contributed by atoms with E-state index >= 15 is 0 Å². The largest absolute Gasteiger partial charge is 0.462 e. The summed E-state index contributed by atoms with van der Waals surface area (Å²) in [4.78, 5) is 14.8. The van der Waals surface area contributed by atoms with E-state index in [1.165, 1.54) is 12.8 Å². The molecule has 0 radical (unpaired) electrons. The van der Waals surface area contributed by atoms with Gasteiger partial charge in [0.15, 0.2) is 0 Å². The highest BCUT2D eigenvalue weighted by atomic mass is 32.2. The minimum absolute atomic E-state index is 0.00367. The zero-order chi connectivity index (χ0) is 18.4. The van der Waals surface area contributed by atoms with Gasteiger partial charge in [-0.2, -0.15) is 4.21 Å². The van der Waals surface area contributed by atoms with E-state index in [0.717, 1.165) is 18.4 Å². The predicted octanol–water partition coefficient (Wildman–Crippen LogP) is 1.61. The Labute approximate surface area is 150 Å². The molecule has 2 bridgehead atoms. The Hall–Kier alpha value is -1.32. The molecule has 0 aliphatic carbocycles. The summed E-state index contributed by atoms with van der Waals surface area (Å²) in [5.41, 5.74) is 0.820. The molecular weight excluding hydrogens is 346 g/mol. The van der Waals surface area contributed by atoms with E-state index in [9.17, 15) is 9.90 Å². The highest BCUT2D eigenvalue weighted by Gasteiger charge is 2.40. The average Bonchev–Trinajstić information content (AvgIpc) is 2.78. The smallest absolute Gasteiger partial charge is 0.316 e. The molecule has 2 heterocycles. The van der Waals surface area contributed by atoms with Crippen LogP contribution in [0.15, 0.2) is 30.3 Å². The standard InChI is InChI=1S/C17H23NO3.H2O3S/c1-18-13-7-8-14(18)10-15(9-13)21-17(20)16(11-19)12-5-3-2-4-6-12;1-4(2)3/h2-6,13-16,19H,7-11H2,1H3;(H2,1,2,3)/t13-,14+,15+,16?;. The summed E-state index contributed by atoms with van der Waals surface area (Å²) >= 11 is -2.61. The first-order valence-corrected chi connectivity index (χ1v) is 9.37. The molecule has 1 aromatic rings. The molecule has 2 saturated heterocycles. The molecule has 3 rings (SSSR count). The number of rotatable bonds is 4. The van der Waals surface area contributed by atoms with E-state index in [1.54, 1.807) is 0 Å². The lowest BCUT2D eigenvalue weighted by Gasteiger charge is -2.36. The number of ether oxygens (including phenoxy) is 1. The molecule has 2 aliphatic rings. The van der Waals surface area contributed by atoms with Gasteiger partial charge >= 0.3 is 5.97 Å². The fourth-order valence-electron chi connectivity index (χ4n) is 3.71. The lowest BCUT2D eigenvalue weighted by molar-refractivity contribution is -0.155. The van der Waals surface area contributed by atoms with Gasteiger partial charge in [0.05, 0.1) is 6.61 Å². The van der Waals surface area contributed by atoms with Gasteiger partial charge in [-0.3, -0.25) is 13.9 Å². The molecule has 25 heavy (non-hydrogen) atoms. The SMILES string of the molecule is CN1[C@@H]2CC[C@H]1C[C@@H](OC(=O)C(CO)c1ccccc1)C2.O=S(O)O. The molecular formula is C17H25NO6S.